The second kappa shape index (κ2) is 28.3. The zero-order valence-electron chi connectivity index (χ0n) is 50.7. The number of carbonyl (C=O) groups excluding carboxylic acids is 10. The highest BCUT2D eigenvalue weighted by Crippen LogP contribution is 2.72. The van der Waals surface area contributed by atoms with E-state index in [0.29, 0.717) is 61.9 Å². The van der Waals surface area contributed by atoms with Gasteiger partial charge in [0.1, 0.15) is 12.8 Å². The van der Waals surface area contributed by atoms with Crippen LogP contribution in [0.4, 0.5) is 24.1 Å². The van der Waals surface area contributed by atoms with Crippen LogP contribution in [0, 0.1) is 34.5 Å². The van der Waals surface area contributed by atoms with Crippen molar-refractivity contribution < 1.29 is 80.8 Å². The van der Waals surface area contributed by atoms with Crippen molar-refractivity contribution in [2.24, 2.45) is 40.2 Å². The van der Waals surface area contributed by atoms with Gasteiger partial charge in [0.05, 0.1) is 29.1 Å². The first kappa shape index (κ1) is 67.0. The quantitative estimate of drug-likeness (QED) is 0.0279. The molecule has 13 atom stereocenters. The Hall–Kier alpha value is -6.89. The van der Waals surface area contributed by atoms with Gasteiger partial charge in [0.15, 0.2) is 35.7 Å². The van der Waals surface area contributed by atoms with E-state index in [-0.39, 0.29) is 110 Å². The minimum atomic E-state index is -2.38. The summed E-state index contributed by atoms with van der Waals surface area (Å²) in [6.45, 7) is 8.34. The topological polar surface area (TPSA) is 305 Å². The Morgan fingerprint density at radius 2 is 1.64 bits per heavy atom. The lowest BCUT2D eigenvalue weighted by atomic mass is 9.44. The molecule has 24 heteroatoms. The van der Waals surface area contributed by atoms with Gasteiger partial charge < -0.3 is 51.1 Å². The number of anilines is 1. The number of unbranched alkanes of at least 4 members (excludes halogenated alkanes) is 2. The molecule has 2 aliphatic heterocycles. The number of nitrogens with two attached hydrogens (primary N) is 1. The summed E-state index contributed by atoms with van der Waals surface area (Å²) in [7, 11) is 0. The number of alkyl halides is 2. The molecule has 0 spiro atoms. The monoisotopic (exact) mass is 1240 g/mol. The Kier molecular flexibility index (Phi) is 21.6. The number of ether oxygens (including phenoxy) is 4. The summed E-state index contributed by atoms with van der Waals surface area (Å²) in [6.07, 6.45) is 2.57. The lowest BCUT2D eigenvalue weighted by Crippen LogP contribution is -2.71. The molecule has 7 N–H and O–H groups in total. The third-order valence-electron chi connectivity index (χ3n) is 18.9. The van der Waals surface area contributed by atoms with Crippen molar-refractivity contribution in [3.63, 3.8) is 0 Å². The average molecular weight is 1250 g/mol. The number of esters is 1. The number of benzene rings is 2. The number of halogens is 2. The Morgan fingerprint density at radius 1 is 0.920 bits per heavy atom. The van der Waals surface area contributed by atoms with Gasteiger partial charge in [-0.05, 0) is 129 Å². The van der Waals surface area contributed by atoms with Crippen molar-refractivity contribution in [2.75, 3.05) is 31.3 Å². The van der Waals surface area contributed by atoms with Gasteiger partial charge in [-0.3, -0.25) is 38.5 Å². The number of hydrogen-bond acceptors (Lipinski definition) is 16. The number of nitrogens with one attached hydrogen (secondary N) is 4. The maximum atomic E-state index is 17.9. The van der Waals surface area contributed by atoms with Crippen LogP contribution in [0.5, 0.6) is 0 Å². The van der Waals surface area contributed by atoms with E-state index < -0.39 is 113 Å². The Labute approximate surface area is 515 Å². The van der Waals surface area contributed by atoms with Gasteiger partial charge in [0.25, 0.3) is 0 Å². The standard InChI is InChI=1S/C64H82F2N6O15S/c1-7-12-54-86-51-30-43-44-29-46(65)45-28-42(73)23-24-61(45,4)63(44,66)49(75)32-62(43,5)64(51,87-54)50(76)35-84-58(81)39-19-15-37(16-20-39)33-69-60(83)85-34-38-17-21-41(22-18-38)70-56(79)40(13-11-25-68-59(67)82)27-47(74)55(36(2)3)71-52(77)14-9-8-10-26-72-53(78)31-48(88-6)57(72)80/h15-24,28,36,40,43-44,46,48-49,51,54-55,75H,7-14,25-27,29-35H2,1-6H3,(H,69,83)(H,70,79)(H,71,77)(H3,67,68,82)/t40-,43+,44+,46+,48?,49+,51-,54?,55+,61+,62+,63+,64-/m1/s1. The van der Waals surface area contributed by atoms with E-state index >= 15 is 8.78 Å². The van der Waals surface area contributed by atoms with Crippen molar-refractivity contribution in [3.8, 4) is 0 Å². The number of aliphatic hydroxyl groups is 1. The number of amides is 7. The van der Waals surface area contributed by atoms with Gasteiger partial charge in [0.2, 0.25) is 29.4 Å². The second-order valence-electron chi connectivity index (χ2n) is 24.8. The summed E-state index contributed by atoms with van der Waals surface area (Å²) in [5, 5.41) is 22.4. The summed E-state index contributed by atoms with van der Waals surface area (Å²) in [5.74, 6) is -6.36. The predicted molar refractivity (Wildman–Crippen MR) is 319 cm³/mol. The molecule has 88 heavy (non-hydrogen) atoms. The maximum Gasteiger partial charge on any atom is 0.407 e. The zero-order valence-corrected chi connectivity index (χ0v) is 51.5. The molecule has 2 heterocycles. The fourth-order valence-electron chi connectivity index (χ4n) is 14.2. The van der Waals surface area contributed by atoms with Crippen LogP contribution in [0.3, 0.4) is 0 Å². The number of aliphatic hydroxyl groups excluding tert-OH is 1. The lowest BCUT2D eigenvalue weighted by molar-refractivity contribution is -0.234. The highest BCUT2D eigenvalue weighted by molar-refractivity contribution is 8.00. The molecule has 0 aromatic heterocycles. The Balaban J connectivity index is 0.793. The summed E-state index contributed by atoms with van der Waals surface area (Å²) in [5.41, 5.74) is -0.148. The third kappa shape index (κ3) is 13.9. The number of fused-ring (bicyclic) bond motifs is 7. The van der Waals surface area contributed by atoms with Crippen molar-refractivity contribution >= 4 is 76.5 Å². The van der Waals surface area contributed by atoms with Crippen LogP contribution in [0.2, 0.25) is 0 Å². The SMILES string of the molecule is CCCC1O[C@@H]2C[C@H]3[C@@H]4C[C@H](F)C5=CC(=O)C=C[C@]5(C)[C@@]4(F)[C@@H](O)C[C@]3(C)[C@]2(C(=O)COC(=O)c2ccc(CNC(=O)OCc3ccc(NC(=O)[C@H](CCCNC(N)=O)CC(=O)[C@@H](NC(=O)CCCCCN4C(=O)CC(SC)C4=O)C(C)C)cc3)cc2)O1. The molecule has 4 aliphatic carbocycles. The van der Waals surface area contributed by atoms with Crippen molar-refractivity contribution in [1.29, 1.82) is 0 Å². The number of primary amides is 1. The molecule has 5 fully saturated rings. The van der Waals surface area contributed by atoms with Gasteiger partial charge in [-0.25, -0.2) is 23.2 Å². The van der Waals surface area contributed by atoms with Crippen LogP contribution in [0.1, 0.15) is 140 Å². The first-order valence-electron chi connectivity index (χ1n) is 30.4. The molecule has 2 aromatic rings. The minimum absolute atomic E-state index is 0.0131. The van der Waals surface area contributed by atoms with Gasteiger partial charge in [0, 0.05) is 67.2 Å². The highest BCUT2D eigenvalue weighted by Gasteiger charge is 2.80. The molecule has 478 valence electrons. The predicted octanol–water partition coefficient (Wildman–Crippen LogP) is 7.20. The molecule has 2 saturated heterocycles. The fourth-order valence-corrected chi connectivity index (χ4v) is 14.8. The molecular formula is C64H82F2N6O15S. The smallest absolute Gasteiger partial charge is 0.407 e. The number of likely N-dealkylation sites (tertiary alicyclic amines) is 1. The number of urea groups is 1. The first-order valence-corrected chi connectivity index (χ1v) is 31.7. The fraction of sp³-hybridized carbons (Fsp3) is 0.594. The van der Waals surface area contributed by atoms with Crippen molar-refractivity contribution in [3.05, 3.63) is 89.0 Å². The summed E-state index contributed by atoms with van der Waals surface area (Å²) in [6, 6.07) is 11.0. The number of thioether (sulfide) groups is 1. The minimum Gasteiger partial charge on any atom is -0.454 e. The number of ketones is 3. The Morgan fingerprint density at radius 3 is 2.31 bits per heavy atom. The van der Waals surface area contributed by atoms with Crippen LogP contribution in [-0.2, 0) is 65.7 Å². The number of hydrogen-bond donors (Lipinski definition) is 6. The van der Waals surface area contributed by atoms with Crippen LogP contribution >= 0.6 is 11.8 Å². The third-order valence-corrected chi connectivity index (χ3v) is 19.8. The van der Waals surface area contributed by atoms with E-state index in [1.54, 1.807) is 63.4 Å². The van der Waals surface area contributed by atoms with E-state index in [1.807, 2.05) is 6.92 Å². The zero-order chi connectivity index (χ0) is 63.9. The largest absolute Gasteiger partial charge is 0.454 e. The average Bonchev–Trinajstić information content (AvgIpc) is 1.34. The summed E-state index contributed by atoms with van der Waals surface area (Å²) < 4.78 is 58.0. The normalized spacial score (nSPS) is 29.2. The number of carbonyl (C=O) groups is 10. The lowest BCUT2D eigenvalue weighted by Gasteiger charge is -2.63. The van der Waals surface area contributed by atoms with E-state index in [1.165, 1.54) is 47.9 Å². The molecular weight excluding hydrogens is 1160 g/mol. The van der Waals surface area contributed by atoms with Crippen LogP contribution in [0.25, 0.3) is 0 Å². The number of Topliss-reactive ketones (excluding diaryl/α,β-unsaturated/α-hetero) is 2. The van der Waals surface area contributed by atoms with Crippen molar-refractivity contribution in [1.82, 2.24) is 20.9 Å². The van der Waals surface area contributed by atoms with Gasteiger partial charge >= 0.3 is 18.1 Å². The van der Waals surface area contributed by atoms with Crippen molar-refractivity contribution in [2.45, 2.75) is 178 Å². The van der Waals surface area contributed by atoms with Crippen LogP contribution in [0.15, 0.2) is 72.3 Å². The number of allylic oxidation sites excluding steroid dienone is 4. The van der Waals surface area contributed by atoms with Crippen LogP contribution in [-0.4, -0.2) is 142 Å². The van der Waals surface area contributed by atoms with E-state index in [2.05, 4.69) is 21.3 Å². The number of rotatable bonds is 28. The van der Waals surface area contributed by atoms with Gasteiger partial charge in [-0.15, -0.1) is 0 Å². The molecule has 2 unspecified atom stereocenters. The molecule has 0 bridgehead atoms. The Bertz CT molecular complexity index is 3060. The molecule has 6 aliphatic rings. The summed E-state index contributed by atoms with van der Waals surface area (Å²) in [4.78, 5) is 131. The number of imide groups is 1. The molecule has 21 nitrogen and oxygen atoms in total. The van der Waals surface area contributed by atoms with Gasteiger partial charge in [-0.2, -0.15) is 11.8 Å². The maximum absolute atomic E-state index is 17.9. The first-order chi connectivity index (χ1) is 41.8. The van der Waals surface area contributed by atoms with E-state index in [9.17, 15) is 53.1 Å². The van der Waals surface area contributed by atoms with Crippen LogP contribution < -0.4 is 27.0 Å². The molecule has 3 saturated carbocycles. The molecule has 2 aromatic carbocycles. The molecule has 7 amide bonds. The molecule has 0 radical (unpaired) electrons. The number of alkyl carbamates (subject to hydrolysis) is 1. The highest BCUT2D eigenvalue weighted by atomic mass is 32.2. The second-order valence-corrected chi connectivity index (χ2v) is 25.9. The molecule has 8 rings (SSSR count). The van der Waals surface area contributed by atoms with E-state index in [4.69, 9.17) is 24.7 Å². The number of nitrogens with zero attached hydrogens (tertiary/aromatic N) is 1. The summed E-state index contributed by atoms with van der Waals surface area (Å²) >= 11 is 1.35. The van der Waals surface area contributed by atoms with Gasteiger partial charge in [-0.1, -0.05) is 70.9 Å². The van der Waals surface area contributed by atoms with E-state index in [0.717, 1.165) is 6.08 Å².